The van der Waals surface area contributed by atoms with E-state index in [-0.39, 0.29) is 12.1 Å². The number of fused-ring (bicyclic) bond motifs is 3. The number of anilines is 1. The Morgan fingerprint density at radius 2 is 2.09 bits per heavy atom. The summed E-state index contributed by atoms with van der Waals surface area (Å²) in [6.45, 7) is 2.93. The van der Waals surface area contributed by atoms with Crippen molar-refractivity contribution in [3.05, 3.63) is 29.8 Å². The van der Waals surface area contributed by atoms with Crippen LogP contribution in [0.25, 0.3) is 0 Å². The zero-order chi connectivity index (χ0) is 16.4. The van der Waals surface area contributed by atoms with Crippen LogP contribution in [0, 0.1) is 0 Å². The number of carbonyl (C=O) groups excluding carboxylic acids is 1. The molecule has 0 bridgehead atoms. The molecule has 2 heterocycles. The second-order valence-corrected chi connectivity index (χ2v) is 6.93. The maximum atomic E-state index is 12.7. The van der Waals surface area contributed by atoms with Crippen molar-refractivity contribution in [3.63, 3.8) is 0 Å². The third-order valence-electron chi connectivity index (χ3n) is 5.36. The summed E-state index contributed by atoms with van der Waals surface area (Å²) in [5.41, 5.74) is 1.09. The van der Waals surface area contributed by atoms with E-state index >= 15 is 0 Å². The van der Waals surface area contributed by atoms with Crippen LogP contribution in [-0.2, 0) is 10.4 Å². The van der Waals surface area contributed by atoms with Gasteiger partial charge in [-0.1, -0.05) is 44.4 Å². The highest BCUT2D eigenvalue weighted by Crippen LogP contribution is 2.48. The molecule has 0 saturated carbocycles. The highest BCUT2D eigenvalue weighted by Gasteiger charge is 2.54. The zero-order valence-electron chi connectivity index (χ0n) is 14.3. The van der Waals surface area contributed by atoms with E-state index in [1.165, 1.54) is 12.8 Å². The molecular formula is C19H28N2O2. The molecule has 23 heavy (non-hydrogen) atoms. The second kappa shape index (κ2) is 6.52. The normalized spacial score (nSPS) is 26.1. The molecule has 1 N–H and O–H groups in total. The van der Waals surface area contributed by atoms with E-state index in [2.05, 4.69) is 11.8 Å². The van der Waals surface area contributed by atoms with Gasteiger partial charge in [0.1, 0.15) is 11.8 Å². The molecule has 0 radical (unpaired) electrons. The summed E-state index contributed by atoms with van der Waals surface area (Å²) in [6.07, 6.45) is 6.34. The van der Waals surface area contributed by atoms with Gasteiger partial charge in [0.05, 0.1) is 0 Å². The summed E-state index contributed by atoms with van der Waals surface area (Å²) in [5, 5.41) is 11.3. The van der Waals surface area contributed by atoms with Crippen LogP contribution in [0.4, 0.5) is 5.69 Å². The van der Waals surface area contributed by atoms with Crippen LogP contribution >= 0.6 is 0 Å². The molecule has 1 aromatic carbocycles. The number of para-hydroxylation sites is 1. The first kappa shape index (κ1) is 16.3. The van der Waals surface area contributed by atoms with Gasteiger partial charge in [-0.3, -0.25) is 4.79 Å². The van der Waals surface area contributed by atoms with Crippen LogP contribution in [-0.4, -0.2) is 35.7 Å². The van der Waals surface area contributed by atoms with Crippen LogP contribution < -0.4 is 4.90 Å². The minimum absolute atomic E-state index is 0.184. The van der Waals surface area contributed by atoms with E-state index in [9.17, 15) is 9.90 Å². The van der Waals surface area contributed by atoms with Gasteiger partial charge in [0.25, 0.3) is 0 Å². The van der Waals surface area contributed by atoms with Crippen LogP contribution in [0.3, 0.4) is 0 Å². The Balaban J connectivity index is 1.79. The summed E-state index contributed by atoms with van der Waals surface area (Å²) in [7, 11) is 1.99. The Bertz CT molecular complexity index is 574. The van der Waals surface area contributed by atoms with E-state index in [1.54, 1.807) is 0 Å². The number of hydrogen-bond acceptors (Lipinski definition) is 3. The van der Waals surface area contributed by atoms with Gasteiger partial charge in [0.15, 0.2) is 0 Å². The van der Waals surface area contributed by atoms with Gasteiger partial charge in [-0.2, -0.15) is 0 Å². The molecular weight excluding hydrogens is 288 g/mol. The number of carbonyl (C=O) groups is 1. The van der Waals surface area contributed by atoms with Gasteiger partial charge in [-0.25, -0.2) is 0 Å². The average molecular weight is 316 g/mol. The minimum atomic E-state index is -0.928. The topological polar surface area (TPSA) is 43.8 Å². The number of aliphatic hydroxyl groups is 1. The molecule has 4 heteroatoms. The predicted octanol–water partition coefficient (Wildman–Crippen LogP) is 3.24. The Morgan fingerprint density at radius 3 is 2.87 bits per heavy atom. The monoisotopic (exact) mass is 316 g/mol. The summed E-state index contributed by atoms with van der Waals surface area (Å²) < 4.78 is 0. The number of likely N-dealkylation sites (tertiary alicyclic amines) is 1. The van der Waals surface area contributed by atoms with Crippen molar-refractivity contribution in [2.45, 2.75) is 63.6 Å². The molecule has 2 atom stereocenters. The number of rotatable bonds is 5. The Labute approximate surface area is 139 Å². The van der Waals surface area contributed by atoms with Crippen molar-refractivity contribution < 1.29 is 9.90 Å². The standard InChI is InChI=1S/C19H28N2O2/c1-3-4-5-6-12-17(22)21-14-9-13-19(23)15-10-7-8-11-16(15)20(2)18(19)21/h7-8,10-11,18,23H,3-6,9,12-14H2,1-2H3. The molecule has 3 rings (SSSR count). The van der Waals surface area contributed by atoms with Gasteiger partial charge in [0, 0.05) is 31.3 Å². The number of benzene rings is 1. The van der Waals surface area contributed by atoms with Crippen LogP contribution in [0.5, 0.6) is 0 Å². The number of piperidine rings is 1. The van der Waals surface area contributed by atoms with E-state index in [4.69, 9.17) is 0 Å². The molecule has 1 amide bonds. The van der Waals surface area contributed by atoms with Crippen molar-refractivity contribution in [1.82, 2.24) is 4.90 Å². The molecule has 2 unspecified atom stereocenters. The summed E-state index contributed by atoms with van der Waals surface area (Å²) in [5.74, 6) is 0.184. The Hall–Kier alpha value is -1.55. The van der Waals surface area contributed by atoms with E-state index in [0.29, 0.717) is 6.42 Å². The molecule has 2 aliphatic heterocycles. The summed E-state index contributed by atoms with van der Waals surface area (Å²) >= 11 is 0. The maximum absolute atomic E-state index is 12.7. The van der Waals surface area contributed by atoms with Crippen molar-refractivity contribution in [1.29, 1.82) is 0 Å². The highest BCUT2D eigenvalue weighted by atomic mass is 16.3. The third kappa shape index (κ3) is 2.74. The smallest absolute Gasteiger partial charge is 0.224 e. The lowest BCUT2D eigenvalue weighted by atomic mass is 9.85. The zero-order valence-corrected chi connectivity index (χ0v) is 14.3. The third-order valence-corrected chi connectivity index (χ3v) is 5.36. The fraction of sp³-hybridized carbons (Fsp3) is 0.632. The molecule has 1 aromatic rings. The predicted molar refractivity (Wildman–Crippen MR) is 92.2 cm³/mol. The first-order chi connectivity index (χ1) is 11.1. The first-order valence-corrected chi connectivity index (χ1v) is 8.94. The van der Waals surface area contributed by atoms with Gasteiger partial charge in [-0.05, 0) is 25.3 Å². The molecule has 4 nitrogen and oxygen atoms in total. The number of unbranched alkanes of at least 4 members (excludes halogenated alkanes) is 3. The molecule has 1 saturated heterocycles. The largest absolute Gasteiger partial charge is 0.381 e. The molecule has 2 aliphatic rings. The van der Waals surface area contributed by atoms with Gasteiger partial charge in [0.2, 0.25) is 5.91 Å². The molecule has 0 aromatic heterocycles. The molecule has 0 aliphatic carbocycles. The number of likely N-dealkylation sites (N-methyl/N-ethyl adjacent to an activating group) is 1. The maximum Gasteiger partial charge on any atom is 0.224 e. The quantitative estimate of drug-likeness (QED) is 0.848. The van der Waals surface area contributed by atoms with Crippen molar-refractivity contribution in [2.75, 3.05) is 18.5 Å². The van der Waals surface area contributed by atoms with Crippen molar-refractivity contribution >= 4 is 11.6 Å². The fourth-order valence-corrected chi connectivity index (χ4v) is 4.22. The lowest BCUT2D eigenvalue weighted by Gasteiger charge is -2.45. The van der Waals surface area contributed by atoms with Crippen LogP contribution in [0.1, 0.15) is 57.4 Å². The Kier molecular flexibility index (Phi) is 4.62. The molecule has 1 fully saturated rings. The Morgan fingerprint density at radius 1 is 1.30 bits per heavy atom. The van der Waals surface area contributed by atoms with Crippen LogP contribution in [0.2, 0.25) is 0 Å². The number of hydrogen-bond donors (Lipinski definition) is 1. The van der Waals surface area contributed by atoms with Crippen LogP contribution in [0.15, 0.2) is 24.3 Å². The van der Waals surface area contributed by atoms with Gasteiger partial charge >= 0.3 is 0 Å². The SMILES string of the molecule is CCCCCCC(=O)N1CCCC2(O)c3ccccc3N(C)C12. The summed E-state index contributed by atoms with van der Waals surface area (Å²) in [6, 6.07) is 8.00. The number of amides is 1. The minimum Gasteiger partial charge on any atom is -0.381 e. The number of nitrogens with zero attached hydrogens (tertiary/aromatic N) is 2. The highest BCUT2D eigenvalue weighted by molar-refractivity contribution is 5.78. The van der Waals surface area contributed by atoms with E-state index in [0.717, 1.165) is 43.5 Å². The second-order valence-electron chi connectivity index (χ2n) is 6.93. The first-order valence-electron chi connectivity index (χ1n) is 8.94. The van der Waals surface area contributed by atoms with E-state index in [1.807, 2.05) is 36.2 Å². The molecule has 126 valence electrons. The fourth-order valence-electron chi connectivity index (χ4n) is 4.22. The average Bonchev–Trinajstić information content (AvgIpc) is 2.80. The van der Waals surface area contributed by atoms with Gasteiger partial charge in [-0.15, -0.1) is 0 Å². The molecule has 0 spiro atoms. The van der Waals surface area contributed by atoms with Gasteiger partial charge < -0.3 is 14.9 Å². The van der Waals surface area contributed by atoms with Crippen molar-refractivity contribution in [3.8, 4) is 0 Å². The lowest BCUT2D eigenvalue weighted by Crippen LogP contribution is -2.60. The van der Waals surface area contributed by atoms with Crippen molar-refractivity contribution in [2.24, 2.45) is 0 Å². The van der Waals surface area contributed by atoms with E-state index < -0.39 is 5.60 Å². The summed E-state index contributed by atoms with van der Waals surface area (Å²) in [4.78, 5) is 16.7. The lowest BCUT2D eigenvalue weighted by molar-refractivity contribution is -0.146.